The Morgan fingerprint density at radius 3 is 2.33 bits per heavy atom. The van der Waals surface area contributed by atoms with Crippen molar-refractivity contribution in [3.05, 3.63) is 94.1 Å². The lowest BCUT2D eigenvalue weighted by Crippen LogP contribution is -2.09. The van der Waals surface area contributed by atoms with Crippen LogP contribution in [-0.2, 0) is 6.42 Å². The van der Waals surface area contributed by atoms with Gasteiger partial charge in [0.15, 0.2) is 5.78 Å². The summed E-state index contributed by atoms with van der Waals surface area (Å²) in [5, 5.41) is 1.02. The molecule has 0 atom stereocenters. The molecule has 24 heavy (non-hydrogen) atoms. The molecule has 0 saturated heterocycles. The average Bonchev–Trinajstić information content (AvgIpc) is 2.62. The number of rotatable bonds is 3. The van der Waals surface area contributed by atoms with Gasteiger partial charge in [-0.3, -0.25) is 9.59 Å². The zero-order valence-electron chi connectivity index (χ0n) is 12.9. The molecule has 0 aliphatic carbocycles. The fourth-order valence-corrected chi connectivity index (χ4v) is 2.96. The van der Waals surface area contributed by atoms with E-state index in [1.54, 1.807) is 30.3 Å². The van der Waals surface area contributed by atoms with Crippen molar-refractivity contribution in [2.24, 2.45) is 0 Å². The van der Waals surface area contributed by atoms with E-state index >= 15 is 0 Å². The second-order valence-corrected chi connectivity index (χ2v) is 5.68. The van der Waals surface area contributed by atoms with Gasteiger partial charge in [-0.2, -0.15) is 0 Å². The maximum absolute atomic E-state index is 12.9. The fourth-order valence-electron chi connectivity index (χ4n) is 2.96. The van der Waals surface area contributed by atoms with Crippen LogP contribution in [0.2, 0.25) is 0 Å². The lowest BCUT2D eigenvalue weighted by Gasteiger charge is -2.07. The quantitative estimate of drug-likeness (QED) is 0.417. The third kappa shape index (κ3) is 2.40. The predicted octanol–water partition coefficient (Wildman–Crippen LogP) is 4.37. The molecule has 0 unspecified atom stereocenters. The maximum atomic E-state index is 12.9. The summed E-state index contributed by atoms with van der Waals surface area (Å²) in [6, 6.07) is 21.7. The van der Waals surface area contributed by atoms with Crippen molar-refractivity contribution in [1.82, 2.24) is 0 Å². The Kier molecular flexibility index (Phi) is 3.47. The van der Waals surface area contributed by atoms with Crippen LogP contribution in [0.25, 0.3) is 21.9 Å². The number of carbonyl (C=O) groups excluding carboxylic acids is 1. The number of ketones is 1. The summed E-state index contributed by atoms with van der Waals surface area (Å²) >= 11 is 0. The van der Waals surface area contributed by atoms with E-state index in [0.29, 0.717) is 33.1 Å². The second kappa shape index (κ2) is 5.78. The van der Waals surface area contributed by atoms with Crippen LogP contribution >= 0.6 is 0 Å². The Balaban J connectivity index is 1.88. The summed E-state index contributed by atoms with van der Waals surface area (Å²) in [7, 11) is 0. The molecule has 4 rings (SSSR count). The highest BCUT2D eigenvalue weighted by Crippen LogP contribution is 2.22. The zero-order valence-corrected chi connectivity index (χ0v) is 12.9. The molecule has 3 heteroatoms. The van der Waals surface area contributed by atoms with E-state index in [2.05, 4.69) is 0 Å². The van der Waals surface area contributed by atoms with E-state index in [0.717, 1.165) is 0 Å². The SMILES string of the molecule is O=C(Cc1cccc2oc3ccccc3c(=O)c12)c1ccccc1. The van der Waals surface area contributed by atoms with Crippen LogP contribution in [0.15, 0.2) is 82.0 Å². The largest absolute Gasteiger partial charge is 0.456 e. The maximum Gasteiger partial charge on any atom is 0.200 e. The smallest absolute Gasteiger partial charge is 0.200 e. The number of hydrogen-bond donors (Lipinski definition) is 0. The lowest BCUT2D eigenvalue weighted by atomic mass is 9.99. The molecule has 3 nitrogen and oxygen atoms in total. The van der Waals surface area contributed by atoms with Crippen molar-refractivity contribution in [3.8, 4) is 0 Å². The van der Waals surface area contributed by atoms with Crippen molar-refractivity contribution >= 4 is 27.7 Å². The van der Waals surface area contributed by atoms with Gasteiger partial charge in [0.1, 0.15) is 11.2 Å². The van der Waals surface area contributed by atoms with Gasteiger partial charge < -0.3 is 4.42 Å². The second-order valence-electron chi connectivity index (χ2n) is 5.68. The molecule has 116 valence electrons. The summed E-state index contributed by atoms with van der Waals surface area (Å²) in [5.74, 6) is -0.0179. The van der Waals surface area contributed by atoms with Gasteiger partial charge in [-0.25, -0.2) is 0 Å². The minimum atomic E-state index is -0.0942. The molecular weight excluding hydrogens is 300 g/mol. The molecule has 0 amide bonds. The molecule has 0 saturated carbocycles. The first-order valence-electron chi connectivity index (χ1n) is 7.76. The van der Waals surface area contributed by atoms with Gasteiger partial charge >= 0.3 is 0 Å². The average molecular weight is 314 g/mol. The van der Waals surface area contributed by atoms with E-state index in [9.17, 15) is 9.59 Å². The van der Waals surface area contributed by atoms with Gasteiger partial charge in [0.05, 0.1) is 10.8 Å². The first-order valence-corrected chi connectivity index (χ1v) is 7.76. The van der Waals surface area contributed by atoms with E-state index in [4.69, 9.17) is 4.42 Å². The monoisotopic (exact) mass is 314 g/mol. The van der Waals surface area contributed by atoms with E-state index in [1.807, 2.05) is 42.5 Å². The molecule has 4 aromatic rings. The molecular formula is C21H14O3. The van der Waals surface area contributed by atoms with Gasteiger partial charge in [-0.15, -0.1) is 0 Å². The van der Waals surface area contributed by atoms with Crippen molar-refractivity contribution in [2.75, 3.05) is 0 Å². The van der Waals surface area contributed by atoms with E-state index in [1.165, 1.54) is 0 Å². The standard InChI is InChI=1S/C21H14O3/c22-17(14-7-2-1-3-8-14)13-15-9-6-12-19-20(15)21(23)16-10-4-5-11-18(16)24-19/h1-12H,13H2. The van der Waals surface area contributed by atoms with Crippen LogP contribution in [-0.4, -0.2) is 5.78 Å². The molecule has 0 radical (unpaired) electrons. The van der Waals surface area contributed by atoms with Gasteiger partial charge in [0, 0.05) is 12.0 Å². The van der Waals surface area contributed by atoms with Gasteiger partial charge in [-0.1, -0.05) is 54.6 Å². The Hall–Kier alpha value is -3.20. The lowest BCUT2D eigenvalue weighted by molar-refractivity contribution is 0.0993. The normalized spacial score (nSPS) is 11.0. The molecule has 1 heterocycles. The summed E-state index contributed by atoms with van der Waals surface area (Å²) in [5.41, 5.74) is 2.31. The Bertz CT molecular complexity index is 1110. The third-order valence-corrected chi connectivity index (χ3v) is 4.14. The van der Waals surface area contributed by atoms with Crippen molar-refractivity contribution in [1.29, 1.82) is 0 Å². The molecule has 0 fully saturated rings. The van der Waals surface area contributed by atoms with Crippen LogP contribution < -0.4 is 5.43 Å². The molecule has 0 aliphatic heterocycles. The van der Waals surface area contributed by atoms with Crippen LogP contribution in [0.1, 0.15) is 15.9 Å². The Labute approximate surface area is 138 Å². The number of para-hydroxylation sites is 1. The van der Waals surface area contributed by atoms with Gasteiger partial charge in [-0.05, 0) is 23.8 Å². The van der Waals surface area contributed by atoms with Crippen LogP contribution in [0.3, 0.4) is 0 Å². The highest BCUT2D eigenvalue weighted by molar-refractivity contribution is 6.00. The molecule has 0 aliphatic rings. The summed E-state index contributed by atoms with van der Waals surface area (Å²) < 4.78 is 5.84. The fraction of sp³-hybridized carbons (Fsp3) is 0.0476. The highest BCUT2D eigenvalue weighted by Gasteiger charge is 2.14. The van der Waals surface area contributed by atoms with Crippen LogP contribution in [0, 0.1) is 0 Å². The van der Waals surface area contributed by atoms with Crippen LogP contribution in [0.5, 0.6) is 0 Å². The van der Waals surface area contributed by atoms with Crippen LogP contribution in [0.4, 0.5) is 0 Å². The summed E-state index contributed by atoms with van der Waals surface area (Å²) in [6.45, 7) is 0. The van der Waals surface area contributed by atoms with E-state index < -0.39 is 0 Å². The van der Waals surface area contributed by atoms with Crippen molar-refractivity contribution in [3.63, 3.8) is 0 Å². The number of carbonyl (C=O) groups is 1. The number of fused-ring (bicyclic) bond motifs is 2. The zero-order chi connectivity index (χ0) is 16.5. The molecule has 0 bridgehead atoms. The Morgan fingerprint density at radius 2 is 1.50 bits per heavy atom. The van der Waals surface area contributed by atoms with Gasteiger partial charge in [0.2, 0.25) is 5.43 Å². The molecule has 1 aromatic heterocycles. The minimum absolute atomic E-state index is 0.0179. The van der Waals surface area contributed by atoms with Crippen molar-refractivity contribution < 1.29 is 9.21 Å². The number of Topliss-reactive ketones (excluding diaryl/α,β-unsaturated/α-hetero) is 1. The van der Waals surface area contributed by atoms with Gasteiger partial charge in [0.25, 0.3) is 0 Å². The third-order valence-electron chi connectivity index (χ3n) is 4.14. The molecule has 0 N–H and O–H groups in total. The summed E-state index contributed by atoms with van der Waals surface area (Å²) in [6.07, 6.45) is 0.171. The topological polar surface area (TPSA) is 47.3 Å². The van der Waals surface area contributed by atoms with Crippen molar-refractivity contribution in [2.45, 2.75) is 6.42 Å². The number of benzene rings is 3. The first kappa shape index (κ1) is 14.4. The highest BCUT2D eigenvalue weighted by atomic mass is 16.3. The predicted molar refractivity (Wildman–Crippen MR) is 94.5 cm³/mol. The number of hydrogen-bond acceptors (Lipinski definition) is 3. The van der Waals surface area contributed by atoms with E-state index in [-0.39, 0.29) is 17.6 Å². The first-order chi connectivity index (χ1) is 11.7. The molecule has 0 spiro atoms. The minimum Gasteiger partial charge on any atom is -0.456 e. The molecule has 3 aromatic carbocycles. The summed E-state index contributed by atoms with van der Waals surface area (Å²) in [4.78, 5) is 25.4. The Morgan fingerprint density at radius 1 is 0.792 bits per heavy atom.